The van der Waals surface area contributed by atoms with Gasteiger partial charge in [-0.2, -0.15) is 0 Å². The summed E-state index contributed by atoms with van der Waals surface area (Å²) in [5, 5.41) is 0.828. The molecule has 116 valence electrons. The van der Waals surface area contributed by atoms with Crippen LogP contribution in [0.15, 0.2) is 57.7 Å². The predicted octanol–water partition coefficient (Wildman–Crippen LogP) is 3.65. The van der Waals surface area contributed by atoms with Gasteiger partial charge in [-0.25, -0.2) is 4.79 Å². The molecule has 1 aromatic heterocycles. The van der Waals surface area contributed by atoms with Crippen LogP contribution in [0.3, 0.4) is 0 Å². The average molecular weight is 308 g/mol. The molecule has 1 unspecified atom stereocenters. The highest BCUT2D eigenvalue weighted by Crippen LogP contribution is 2.43. The molecule has 0 radical (unpaired) electrons. The van der Waals surface area contributed by atoms with Crippen molar-refractivity contribution in [3.63, 3.8) is 0 Å². The van der Waals surface area contributed by atoms with Gasteiger partial charge in [0, 0.05) is 6.42 Å². The standard InChI is InChI=1S/C19H16O4/c1-19(12-6-5-7-13(10-12)21-2)11-15-17(23-19)14-8-3-4-9-16(14)22-18(15)20/h3-10H,11H2,1-2H3. The van der Waals surface area contributed by atoms with Crippen LogP contribution in [0.1, 0.15) is 18.1 Å². The Hall–Kier alpha value is -2.75. The van der Waals surface area contributed by atoms with Crippen LogP contribution in [0.2, 0.25) is 0 Å². The van der Waals surface area contributed by atoms with Crippen molar-refractivity contribution in [1.29, 1.82) is 0 Å². The van der Waals surface area contributed by atoms with Crippen LogP contribution in [0.25, 0.3) is 11.0 Å². The first-order valence-corrected chi connectivity index (χ1v) is 7.49. The van der Waals surface area contributed by atoms with E-state index < -0.39 is 5.60 Å². The summed E-state index contributed by atoms with van der Waals surface area (Å²) in [5.74, 6) is 1.39. The van der Waals surface area contributed by atoms with Gasteiger partial charge in [0.15, 0.2) is 0 Å². The SMILES string of the molecule is COc1cccc(C2(C)Cc3c(c4ccccc4oc3=O)O2)c1. The minimum atomic E-state index is -0.615. The van der Waals surface area contributed by atoms with E-state index in [-0.39, 0.29) is 5.63 Å². The van der Waals surface area contributed by atoms with Crippen LogP contribution in [0, 0.1) is 0 Å². The monoisotopic (exact) mass is 308 g/mol. The molecule has 0 aliphatic carbocycles. The van der Waals surface area contributed by atoms with Gasteiger partial charge in [-0.15, -0.1) is 0 Å². The van der Waals surface area contributed by atoms with Crippen LogP contribution in [-0.2, 0) is 12.0 Å². The van der Waals surface area contributed by atoms with Gasteiger partial charge in [-0.05, 0) is 36.8 Å². The minimum Gasteiger partial charge on any atom is -0.497 e. The van der Waals surface area contributed by atoms with Crippen LogP contribution in [0.4, 0.5) is 0 Å². The molecule has 4 rings (SSSR count). The van der Waals surface area contributed by atoms with Crippen LogP contribution in [-0.4, -0.2) is 7.11 Å². The van der Waals surface area contributed by atoms with Gasteiger partial charge in [0.05, 0.1) is 18.1 Å². The van der Waals surface area contributed by atoms with E-state index in [1.165, 1.54) is 0 Å². The number of benzene rings is 2. The summed E-state index contributed by atoms with van der Waals surface area (Å²) in [4.78, 5) is 12.3. The molecule has 0 saturated heterocycles. The van der Waals surface area contributed by atoms with Crippen molar-refractivity contribution in [2.24, 2.45) is 0 Å². The molecule has 23 heavy (non-hydrogen) atoms. The molecule has 1 aliphatic heterocycles. The molecule has 0 fully saturated rings. The van der Waals surface area contributed by atoms with E-state index in [1.807, 2.05) is 49.4 Å². The van der Waals surface area contributed by atoms with Crippen LogP contribution in [0.5, 0.6) is 11.5 Å². The van der Waals surface area contributed by atoms with Gasteiger partial charge >= 0.3 is 5.63 Å². The number of hydrogen-bond acceptors (Lipinski definition) is 4. The molecule has 1 atom stereocenters. The molecular weight excluding hydrogens is 292 g/mol. The van der Waals surface area contributed by atoms with Gasteiger partial charge in [0.25, 0.3) is 0 Å². The van der Waals surface area contributed by atoms with Gasteiger partial charge in [0.2, 0.25) is 0 Å². The molecule has 2 aromatic carbocycles. The second-order valence-electron chi connectivity index (χ2n) is 5.94. The third-order valence-corrected chi connectivity index (χ3v) is 4.38. The maximum Gasteiger partial charge on any atom is 0.343 e. The highest BCUT2D eigenvalue weighted by Gasteiger charge is 2.40. The van der Waals surface area contributed by atoms with E-state index in [0.717, 1.165) is 16.7 Å². The predicted molar refractivity (Wildman–Crippen MR) is 87.2 cm³/mol. The smallest absolute Gasteiger partial charge is 0.343 e. The number of rotatable bonds is 2. The topological polar surface area (TPSA) is 48.7 Å². The van der Waals surface area contributed by atoms with Crippen molar-refractivity contribution < 1.29 is 13.9 Å². The maximum absolute atomic E-state index is 12.3. The van der Waals surface area contributed by atoms with E-state index in [1.54, 1.807) is 13.2 Å². The van der Waals surface area contributed by atoms with Crippen molar-refractivity contribution >= 4 is 11.0 Å². The van der Waals surface area contributed by atoms with Crippen molar-refractivity contribution in [2.45, 2.75) is 18.9 Å². The molecule has 0 saturated carbocycles. The zero-order chi connectivity index (χ0) is 16.0. The lowest BCUT2D eigenvalue weighted by Crippen LogP contribution is -2.27. The van der Waals surface area contributed by atoms with E-state index in [2.05, 4.69) is 0 Å². The molecule has 0 bridgehead atoms. The summed E-state index contributed by atoms with van der Waals surface area (Å²) in [6.07, 6.45) is 0.475. The first kappa shape index (κ1) is 13.9. The number of hydrogen-bond donors (Lipinski definition) is 0. The third kappa shape index (κ3) is 2.10. The Kier molecular flexibility index (Phi) is 2.94. The number of fused-ring (bicyclic) bond motifs is 3. The van der Waals surface area contributed by atoms with Gasteiger partial charge in [0.1, 0.15) is 22.7 Å². The fraction of sp³-hybridized carbons (Fsp3) is 0.211. The van der Waals surface area contributed by atoms with E-state index in [9.17, 15) is 4.79 Å². The lowest BCUT2D eigenvalue weighted by molar-refractivity contribution is 0.117. The lowest BCUT2D eigenvalue weighted by atomic mass is 9.91. The Morgan fingerprint density at radius 1 is 1.13 bits per heavy atom. The zero-order valence-corrected chi connectivity index (χ0v) is 13.0. The Bertz CT molecular complexity index is 957. The molecule has 3 aromatic rings. The first-order chi connectivity index (χ1) is 11.1. The summed E-state index contributed by atoms with van der Waals surface area (Å²) in [7, 11) is 1.63. The largest absolute Gasteiger partial charge is 0.497 e. The number of para-hydroxylation sites is 1. The van der Waals surface area contributed by atoms with E-state index in [4.69, 9.17) is 13.9 Å². The highest BCUT2D eigenvalue weighted by molar-refractivity contribution is 5.85. The maximum atomic E-state index is 12.3. The molecule has 4 heteroatoms. The molecular formula is C19H16O4. The van der Waals surface area contributed by atoms with Crippen LogP contribution >= 0.6 is 0 Å². The Balaban J connectivity index is 1.87. The second-order valence-corrected chi connectivity index (χ2v) is 5.94. The molecule has 0 spiro atoms. The van der Waals surface area contributed by atoms with E-state index in [0.29, 0.717) is 23.3 Å². The number of methoxy groups -OCH3 is 1. The summed E-state index contributed by atoms with van der Waals surface area (Å²) in [6.45, 7) is 1.98. The van der Waals surface area contributed by atoms with Crippen molar-refractivity contribution in [1.82, 2.24) is 0 Å². The molecule has 0 amide bonds. The summed E-state index contributed by atoms with van der Waals surface area (Å²) in [6, 6.07) is 15.2. The quantitative estimate of drug-likeness (QED) is 0.678. The van der Waals surface area contributed by atoms with Gasteiger partial charge < -0.3 is 13.9 Å². The Morgan fingerprint density at radius 2 is 1.96 bits per heavy atom. The normalized spacial score (nSPS) is 19.4. The minimum absolute atomic E-state index is 0.328. The zero-order valence-electron chi connectivity index (χ0n) is 13.0. The average Bonchev–Trinajstić information content (AvgIpc) is 2.95. The van der Waals surface area contributed by atoms with E-state index >= 15 is 0 Å². The lowest BCUT2D eigenvalue weighted by Gasteiger charge is -2.25. The third-order valence-electron chi connectivity index (χ3n) is 4.38. The van der Waals surface area contributed by atoms with Gasteiger partial charge in [-0.1, -0.05) is 24.3 Å². The number of ether oxygens (including phenoxy) is 2. The summed E-state index contributed by atoms with van der Waals surface area (Å²) >= 11 is 0. The highest BCUT2D eigenvalue weighted by atomic mass is 16.5. The molecule has 2 heterocycles. The fourth-order valence-corrected chi connectivity index (χ4v) is 3.14. The van der Waals surface area contributed by atoms with Crippen LogP contribution < -0.4 is 15.1 Å². The summed E-state index contributed by atoms with van der Waals surface area (Å²) < 4.78 is 17.0. The van der Waals surface area contributed by atoms with Gasteiger partial charge in [-0.3, -0.25) is 0 Å². The van der Waals surface area contributed by atoms with Crippen molar-refractivity contribution in [2.75, 3.05) is 7.11 Å². The molecule has 1 aliphatic rings. The molecule has 0 N–H and O–H groups in total. The first-order valence-electron chi connectivity index (χ1n) is 7.49. The second kappa shape index (κ2) is 4.88. The Morgan fingerprint density at radius 3 is 2.78 bits per heavy atom. The summed E-state index contributed by atoms with van der Waals surface area (Å²) in [5.41, 5.74) is 1.16. The Labute approximate surface area is 133 Å². The molecule has 4 nitrogen and oxygen atoms in total. The fourth-order valence-electron chi connectivity index (χ4n) is 3.14. The van der Waals surface area contributed by atoms with Crippen molar-refractivity contribution in [3.05, 3.63) is 70.1 Å². The van der Waals surface area contributed by atoms with Crippen molar-refractivity contribution in [3.8, 4) is 11.5 Å².